The van der Waals surface area contributed by atoms with Crippen molar-refractivity contribution in [2.45, 2.75) is 6.54 Å². The van der Waals surface area contributed by atoms with Gasteiger partial charge in [-0.2, -0.15) is 5.10 Å². The summed E-state index contributed by atoms with van der Waals surface area (Å²) in [6, 6.07) is 10.3. The smallest absolute Gasteiger partial charge is 0.258 e. The third kappa shape index (κ3) is 3.81. The van der Waals surface area contributed by atoms with Gasteiger partial charge in [0.2, 0.25) is 0 Å². The number of aromatic nitrogens is 2. The molecule has 0 atom stereocenters. The first kappa shape index (κ1) is 17.4. The van der Waals surface area contributed by atoms with E-state index in [4.69, 9.17) is 23.2 Å². The summed E-state index contributed by atoms with van der Waals surface area (Å²) in [5.74, 6) is -2.58. The monoisotopic (exact) mass is 381 g/mol. The highest BCUT2D eigenvalue weighted by molar-refractivity contribution is 6.34. The molecule has 0 aliphatic heterocycles. The first-order chi connectivity index (χ1) is 12.0. The molecule has 0 bridgehead atoms. The molecular weight excluding hydrogens is 371 g/mol. The summed E-state index contributed by atoms with van der Waals surface area (Å²) >= 11 is 11.9. The van der Waals surface area contributed by atoms with Crippen molar-refractivity contribution in [3.8, 4) is 0 Å². The van der Waals surface area contributed by atoms with E-state index in [1.54, 1.807) is 12.1 Å². The minimum atomic E-state index is -1.15. The Morgan fingerprint density at radius 3 is 2.56 bits per heavy atom. The maximum Gasteiger partial charge on any atom is 0.258 e. The summed E-state index contributed by atoms with van der Waals surface area (Å²) in [7, 11) is 0. The molecule has 4 nitrogen and oxygen atoms in total. The summed E-state index contributed by atoms with van der Waals surface area (Å²) < 4.78 is 28.0. The molecule has 1 heterocycles. The molecule has 0 radical (unpaired) electrons. The average Bonchev–Trinajstić information content (AvgIpc) is 3.00. The Kier molecular flexibility index (Phi) is 5.01. The number of hydrogen-bond donors (Lipinski definition) is 1. The predicted octanol–water partition coefficient (Wildman–Crippen LogP) is 4.77. The number of carbonyl (C=O) groups is 1. The predicted molar refractivity (Wildman–Crippen MR) is 92.1 cm³/mol. The van der Waals surface area contributed by atoms with Crippen molar-refractivity contribution in [1.82, 2.24) is 9.78 Å². The quantitative estimate of drug-likeness (QED) is 0.661. The SMILES string of the molecule is O=C(Nc1ccnn1Cc1ccccc1Cl)c1cc(F)c(F)cc1Cl. The zero-order valence-electron chi connectivity index (χ0n) is 12.6. The van der Waals surface area contributed by atoms with E-state index in [1.807, 2.05) is 18.2 Å². The van der Waals surface area contributed by atoms with Gasteiger partial charge in [0.05, 0.1) is 23.3 Å². The molecule has 0 fully saturated rings. The summed E-state index contributed by atoms with van der Waals surface area (Å²) in [6.45, 7) is 0.327. The first-order valence-electron chi connectivity index (χ1n) is 7.17. The van der Waals surface area contributed by atoms with Crippen LogP contribution in [0.5, 0.6) is 0 Å². The molecular formula is C17H11Cl2F2N3O. The summed E-state index contributed by atoms with van der Waals surface area (Å²) in [5.41, 5.74) is 0.639. The third-order valence-corrected chi connectivity index (χ3v) is 4.17. The van der Waals surface area contributed by atoms with Crippen molar-refractivity contribution in [3.63, 3.8) is 0 Å². The van der Waals surface area contributed by atoms with Gasteiger partial charge in [0.25, 0.3) is 5.91 Å². The van der Waals surface area contributed by atoms with Gasteiger partial charge >= 0.3 is 0 Å². The average molecular weight is 382 g/mol. The van der Waals surface area contributed by atoms with E-state index in [0.717, 1.165) is 17.7 Å². The van der Waals surface area contributed by atoms with Gasteiger partial charge in [-0.05, 0) is 23.8 Å². The number of halogens is 4. The maximum absolute atomic E-state index is 13.4. The Morgan fingerprint density at radius 1 is 1.08 bits per heavy atom. The van der Waals surface area contributed by atoms with Crippen LogP contribution in [0.2, 0.25) is 10.0 Å². The molecule has 128 valence electrons. The van der Waals surface area contributed by atoms with E-state index < -0.39 is 17.5 Å². The molecule has 3 rings (SSSR count). The molecule has 0 saturated heterocycles. The van der Waals surface area contributed by atoms with Gasteiger partial charge in [-0.25, -0.2) is 13.5 Å². The second kappa shape index (κ2) is 7.21. The Labute approximate surface area is 152 Å². The number of nitrogens with one attached hydrogen (secondary N) is 1. The van der Waals surface area contributed by atoms with Crippen LogP contribution in [0.25, 0.3) is 0 Å². The number of benzene rings is 2. The van der Waals surface area contributed by atoms with Crippen LogP contribution >= 0.6 is 23.2 Å². The Morgan fingerprint density at radius 2 is 1.80 bits per heavy atom. The van der Waals surface area contributed by atoms with E-state index in [1.165, 1.54) is 10.9 Å². The fourth-order valence-corrected chi connectivity index (χ4v) is 2.66. The largest absolute Gasteiger partial charge is 0.307 e. The maximum atomic E-state index is 13.4. The number of carbonyl (C=O) groups excluding carboxylic acids is 1. The van der Waals surface area contributed by atoms with Crippen LogP contribution in [0.15, 0.2) is 48.7 Å². The van der Waals surface area contributed by atoms with Gasteiger partial charge in [0, 0.05) is 11.1 Å². The fourth-order valence-electron chi connectivity index (χ4n) is 2.23. The lowest BCUT2D eigenvalue weighted by Gasteiger charge is -2.11. The Balaban J connectivity index is 1.83. The fraction of sp³-hybridized carbons (Fsp3) is 0.0588. The third-order valence-electron chi connectivity index (χ3n) is 3.49. The van der Waals surface area contributed by atoms with Crippen molar-refractivity contribution < 1.29 is 13.6 Å². The number of rotatable bonds is 4. The summed E-state index contributed by atoms with van der Waals surface area (Å²) in [4.78, 5) is 12.3. The molecule has 1 N–H and O–H groups in total. The highest BCUT2D eigenvalue weighted by Gasteiger charge is 2.17. The van der Waals surface area contributed by atoms with Gasteiger partial charge < -0.3 is 5.32 Å². The standard InChI is InChI=1S/C17H11Cl2F2N3O/c18-12-4-2-1-3-10(12)9-24-16(5-6-22-24)23-17(25)11-7-14(20)15(21)8-13(11)19/h1-8H,9H2,(H,23,25). The topological polar surface area (TPSA) is 46.9 Å². The highest BCUT2D eigenvalue weighted by Crippen LogP contribution is 2.22. The van der Waals surface area contributed by atoms with Crippen LogP contribution in [0.3, 0.4) is 0 Å². The van der Waals surface area contributed by atoms with Crippen LogP contribution in [0.4, 0.5) is 14.6 Å². The van der Waals surface area contributed by atoms with E-state index in [9.17, 15) is 13.6 Å². The van der Waals surface area contributed by atoms with Crippen LogP contribution in [-0.4, -0.2) is 15.7 Å². The van der Waals surface area contributed by atoms with Crippen molar-refractivity contribution in [2.75, 3.05) is 5.32 Å². The number of nitrogens with zero attached hydrogens (tertiary/aromatic N) is 2. The van der Waals surface area contributed by atoms with Gasteiger partial charge in [0.15, 0.2) is 11.6 Å². The normalized spacial score (nSPS) is 10.7. The van der Waals surface area contributed by atoms with E-state index in [2.05, 4.69) is 10.4 Å². The van der Waals surface area contributed by atoms with Crippen LogP contribution in [0.1, 0.15) is 15.9 Å². The van der Waals surface area contributed by atoms with Gasteiger partial charge in [-0.15, -0.1) is 0 Å². The molecule has 0 unspecified atom stereocenters. The molecule has 1 amide bonds. The van der Waals surface area contributed by atoms with E-state index in [-0.39, 0.29) is 10.6 Å². The molecule has 0 aliphatic carbocycles. The lowest BCUT2D eigenvalue weighted by Crippen LogP contribution is -2.17. The molecule has 3 aromatic rings. The zero-order valence-corrected chi connectivity index (χ0v) is 14.2. The van der Waals surface area contributed by atoms with Gasteiger partial charge in [0.1, 0.15) is 5.82 Å². The molecule has 0 aliphatic rings. The molecule has 2 aromatic carbocycles. The van der Waals surface area contributed by atoms with Crippen LogP contribution in [0, 0.1) is 11.6 Å². The van der Waals surface area contributed by atoms with E-state index in [0.29, 0.717) is 17.4 Å². The molecule has 0 spiro atoms. The Bertz CT molecular complexity index is 943. The second-order valence-electron chi connectivity index (χ2n) is 5.17. The first-order valence-corrected chi connectivity index (χ1v) is 7.92. The van der Waals surface area contributed by atoms with Crippen molar-refractivity contribution in [2.24, 2.45) is 0 Å². The van der Waals surface area contributed by atoms with Crippen molar-refractivity contribution in [3.05, 3.63) is 81.5 Å². The molecule has 25 heavy (non-hydrogen) atoms. The van der Waals surface area contributed by atoms with Crippen molar-refractivity contribution >= 4 is 34.9 Å². The minimum absolute atomic E-state index is 0.175. The zero-order chi connectivity index (χ0) is 18.0. The van der Waals surface area contributed by atoms with Crippen LogP contribution < -0.4 is 5.32 Å². The molecule has 1 aromatic heterocycles. The van der Waals surface area contributed by atoms with Gasteiger partial charge in [-0.3, -0.25) is 4.79 Å². The minimum Gasteiger partial charge on any atom is -0.307 e. The van der Waals surface area contributed by atoms with E-state index >= 15 is 0 Å². The van der Waals surface area contributed by atoms with Gasteiger partial charge in [-0.1, -0.05) is 41.4 Å². The number of anilines is 1. The Hall–Kier alpha value is -2.44. The van der Waals surface area contributed by atoms with Crippen molar-refractivity contribution in [1.29, 1.82) is 0 Å². The number of hydrogen-bond acceptors (Lipinski definition) is 2. The highest BCUT2D eigenvalue weighted by atomic mass is 35.5. The molecule has 0 saturated carbocycles. The lowest BCUT2D eigenvalue weighted by molar-refractivity contribution is 0.102. The molecule has 8 heteroatoms. The number of amides is 1. The summed E-state index contributed by atoms with van der Waals surface area (Å²) in [5, 5.41) is 7.09. The lowest BCUT2D eigenvalue weighted by atomic mass is 10.2. The second-order valence-corrected chi connectivity index (χ2v) is 5.98. The van der Waals surface area contributed by atoms with Crippen LogP contribution in [-0.2, 0) is 6.54 Å². The summed E-state index contributed by atoms with van der Waals surface area (Å²) in [6.07, 6.45) is 1.50.